The smallest absolute Gasteiger partial charge is 0.163 e. The fraction of sp³-hybridized carbons (Fsp3) is 1.00. The molecule has 0 aliphatic rings. The Kier molecular flexibility index (Phi) is 99.7. The fourth-order valence-electron chi connectivity index (χ4n) is 7.15. The molecule has 120 heavy (non-hydrogen) atoms. The van der Waals surface area contributed by atoms with Crippen LogP contribution in [0.2, 0.25) is 0 Å². The quantitative estimate of drug-likeness (QED) is 0.0200. The van der Waals surface area contributed by atoms with Crippen LogP contribution in [0.25, 0.3) is 0 Å². The molecule has 30 heteroatoms. The first-order valence-corrected chi connectivity index (χ1v) is 44.7. The highest BCUT2D eigenvalue weighted by Crippen LogP contribution is 2.22. The van der Waals surface area contributed by atoms with Gasteiger partial charge in [-0.3, -0.25) is 0 Å². The lowest BCUT2D eigenvalue weighted by Gasteiger charge is -2.32. The molecule has 30 nitrogen and oxygen atoms in total. The van der Waals surface area contributed by atoms with E-state index < -0.39 is 23.1 Å². The van der Waals surface area contributed by atoms with Crippen molar-refractivity contribution in [3.63, 3.8) is 0 Å². The van der Waals surface area contributed by atoms with Gasteiger partial charge in [0.25, 0.3) is 0 Å². The molecule has 11 atom stereocenters. The van der Waals surface area contributed by atoms with Crippen molar-refractivity contribution in [1.82, 2.24) is 0 Å². The second kappa shape index (κ2) is 85.9. The van der Waals surface area contributed by atoms with Crippen LogP contribution in [0, 0.1) is 28.6 Å². The van der Waals surface area contributed by atoms with Gasteiger partial charge in [-0.2, -0.15) is 0 Å². The summed E-state index contributed by atoms with van der Waals surface area (Å²) >= 11 is 0. The minimum Gasteiger partial charge on any atom is -0.355 e. The van der Waals surface area contributed by atoms with Gasteiger partial charge in [0.15, 0.2) is 48.3 Å². The van der Waals surface area contributed by atoms with Gasteiger partial charge in [-0.05, 0) is 220 Å². The highest BCUT2D eigenvalue weighted by molar-refractivity contribution is 4.73. The molecule has 0 fully saturated rings. The maximum absolute atomic E-state index is 5.84. The van der Waals surface area contributed by atoms with Crippen molar-refractivity contribution in [2.24, 2.45) is 85.9 Å². The molecule has 11 unspecified atom stereocenters. The van der Waals surface area contributed by atoms with Crippen LogP contribution in [0.15, 0.2) is 0 Å². The van der Waals surface area contributed by atoms with E-state index in [9.17, 15) is 0 Å². The summed E-state index contributed by atoms with van der Waals surface area (Å²) < 4.78 is 108. The lowest BCUT2D eigenvalue weighted by molar-refractivity contribution is -0.250. The third kappa shape index (κ3) is 143. The SMILES string of the molecule is CC(C)(C)COC(C)(C)OCC(C)(C)N.CC(C)COC(C)(C)OCC(C)N.CC(C)COC(C)OCC(C)N.CC(C)COCOCC(C)N.CC(OCC(C)(C)C)OCC(C)(C)N.CCC(C)OC(C)(C)OC(C)CN.CCC(C)OC(C)OC(C)CN.CCCOC(C)(C)OCCN.CCCOC(C)OCCN.CCCOCOCCN. The molecule has 0 bridgehead atoms. The van der Waals surface area contributed by atoms with Crippen LogP contribution in [0.4, 0.5) is 0 Å². The normalized spacial score (nSPS) is 14.9. The van der Waals surface area contributed by atoms with Gasteiger partial charge in [-0.25, -0.2) is 0 Å². The van der Waals surface area contributed by atoms with Crippen LogP contribution in [0.3, 0.4) is 0 Å². The standard InChI is InChI=1S/C12H27NO2.C11H25NO2.2C10H23NO2.2C9H21NO2.2C8H19NO2.C7H17NO2.C6H15NO2/c1-10(2,3)8-14-12(6,7)15-9-11(4,5)13;1-9(13-7-10(2,3)4)14-8-11(5,6)12;1-8(2)6-12-10(4,5)13-7-9(3)11;1-6-8(2)12-10(4,5)13-9(3)7-11;1-7(2)5-11-9(4)12-6-8(3)10;1-5-7(2)11-9(4)12-8(3)6-10;1-7(2)4-10-6-11-5-8(3)9;1-4-6-10-8(2,3)11-7-5-9;1-3-5-9-7(2)10-6-4-8;1-2-4-8-6-9-5-3-7/h8-9,13H2,1-7H3;9H,7-8,12H2,1-6H3;2*8-9H,6-7,11H2,1-5H3;2*7-9H,5-6,10H2,1-4H3;7-8H,4-6,9H2,1-3H3;4-7,9H2,1-3H3;7H,3-6,8H2,1-2H3;2-7H2,1H3. The summed E-state index contributed by atoms with van der Waals surface area (Å²) in [5.74, 6) is -0.454. The maximum Gasteiger partial charge on any atom is 0.163 e. The first-order chi connectivity index (χ1) is 54.8. The lowest BCUT2D eigenvalue weighted by atomic mass is 9.98. The summed E-state index contributed by atoms with van der Waals surface area (Å²) in [5, 5.41) is 0. The summed E-state index contributed by atoms with van der Waals surface area (Å²) in [4.78, 5) is 0. The Morgan fingerprint density at radius 2 is 0.625 bits per heavy atom. The van der Waals surface area contributed by atoms with Gasteiger partial charge in [-0.1, -0.05) is 118 Å². The maximum atomic E-state index is 5.84. The van der Waals surface area contributed by atoms with Gasteiger partial charge in [0.05, 0.1) is 110 Å². The molecule has 0 saturated carbocycles. The van der Waals surface area contributed by atoms with E-state index in [1.807, 2.05) is 159 Å². The van der Waals surface area contributed by atoms with Crippen LogP contribution < -0.4 is 57.3 Å². The number of ether oxygens (including phenoxy) is 20. The van der Waals surface area contributed by atoms with E-state index >= 15 is 0 Å². The number of hydrogen-bond acceptors (Lipinski definition) is 30. The number of hydrogen-bond donors (Lipinski definition) is 10. The monoisotopic (exact) mass is 1750 g/mol. The third-order valence-corrected chi connectivity index (χ3v) is 13.5. The number of rotatable bonds is 58. The van der Waals surface area contributed by atoms with Gasteiger partial charge in [0.2, 0.25) is 0 Å². The van der Waals surface area contributed by atoms with Gasteiger partial charge < -0.3 is 152 Å². The van der Waals surface area contributed by atoms with E-state index in [-0.39, 0.29) is 89.6 Å². The molecule has 740 valence electrons. The molecule has 0 aromatic rings. The Hall–Kier alpha value is -1.20. The van der Waals surface area contributed by atoms with Crippen LogP contribution >= 0.6 is 0 Å². The second-order valence-corrected chi connectivity index (χ2v) is 37.2. The van der Waals surface area contributed by atoms with Crippen LogP contribution in [-0.2, 0) is 94.7 Å². The highest BCUT2D eigenvalue weighted by Gasteiger charge is 2.27. The van der Waals surface area contributed by atoms with Gasteiger partial charge in [-0.15, -0.1) is 0 Å². The Morgan fingerprint density at radius 1 is 0.267 bits per heavy atom. The van der Waals surface area contributed by atoms with E-state index in [2.05, 4.69) is 118 Å². The third-order valence-electron chi connectivity index (χ3n) is 13.5. The van der Waals surface area contributed by atoms with Gasteiger partial charge in [0.1, 0.15) is 13.6 Å². The first kappa shape index (κ1) is 139. The average Bonchev–Trinajstić information content (AvgIpc) is 0.852. The summed E-state index contributed by atoms with van der Waals surface area (Å²) in [7, 11) is 0. The molecular formula is C90H210N10O20. The Bertz CT molecular complexity index is 1900. The van der Waals surface area contributed by atoms with Crippen LogP contribution in [0.5, 0.6) is 0 Å². The van der Waals surface area contributed by atoms with Crippen LogP contribution in [0.1, 0.15) is 309 Å². The summed E-state index contributed by atoms with van der Waals surface area (Å²) in [6.45, 7) is 93.8. The van der Waals surface area contributed by atoms with Crippen LogP contribution in [-0.4, -0.2) is 254 Å². The fourth-order valence-corrected chi connectivity index (χ4v) is 7.15. The van der Waals surface area contributed by atoms with Crippen molar-refractivity contribution in [2.45, 2.75) is 411 Å². The first-order valence-electron chi connectivity index (χ1n) is 44.7. The van der Waals surface area contributed by atoms with Crippen molar-refractivity contribution >= 4 is 0 Å². The summed E-state index contributed by atoms with van der Waals surface area (Å²) in [6.07, 6.45) is 5.07. The Morgan fingerprint density at radius 3 is 1.04 bits per heavy atom. The van der Waals surface area contributed by atoms with Crippen molar-refractivity contribution in [3.05, 3.63) is 0 Å². The molecule has 0 heterocycles. The van der Waals surface area contributed by atoms with E-state index in [1.54, 1.807) is 0 Å². The zero-order valence-electron chi connectivity index (χ0n) is 85.8. The minimum absolute atomic E-state index is 0.0408. The molecule has 0 aromatic carbocycles. The minimum atomic E-state index is -0.566. The Labute approximate surface area is 740 Å². The molecule has 0 rings (SSSR count). The van der Waals surface area contributed by atoms with Crippen molar-refractivity contribution in [2.75, 3.05) is 152 Å². The summed E-state index contributed by atoms with van der Waals surface area (Å²) in [5.41, 5.74) is 54.4. The van der Waals surface area contributed by atoms with E-state index in [1.165, 1.54) is 0 Å². The zero-order chi connectivity index (χ0) is 96.0. The predicted molar refractivity (Wildman–Crippen MR) is 499 cm³/mol. The highest BCUT2D eigenvalue weighted by atomic mass is 16.7. The van der Waals surface area contributed by atoms with Crippen molar-refractivity contribution in [1.29, 1.82) is 0 Å². The van der Waals surface area contributed by atoms with E-state index in [0.717, 1.165) is 65.1 Å². The number of nitrogens with two attached hydrogens (primary N) is 10. The average molecular weight is 1750 g/mol. The van der Waals surface area contributed by atoms with Gasteiger partial charge >= 0.3 is 0 Å². The molecule has 0 aliphatic heterocycles. The van der Waals surface area contributed by atoms with Crippen molar-refractivity contribution in [3.8, 4) is 0 Å². The zero-order valence-corrected chi connectivity index (χ0v) is 85.8. The summed E-state index contributed by atoms with van der Waals surface area (Å²) in [6, 6.07) is 0.231. The predicted octanol–water partition coefficient (Wildman–Crippen LogP) is 14.4. The largest absolute Gasteiger partial charge is 0.355 e. The molecule has 0 radical (unpaired) electrons. The van der Waals surface area contributed by atoms with Crippen molar-refractivity contribution < 1.29 is 94.7 Å². The molecule has 0 aromatic heterocycles. The molecule has 20 N–H and O–H groups in total. The van der Waals surface area contributed by atoms with E-state index in [4.69, 9.17) is 152 Å². The molecule has 0 aliphatic carbocycles. The van der Waals surface area contributed by atoms with Gasteiger partial charge in [0, 0.05) is 81.7 Å². The Balaban J connectivity index is -0.000000140. The molecule has 0 amide bonds. The second-order valence-electron chi connectivity index (χ2n) is 37.2. The molecule has 0 spiro atoms. The lowest BCUT2D eigenvalue weighted by Crippen LogP contribution is -2.42. The molecular weight excluding hydrogens is 1540 g/mol. The topological polar surface area (TPSA) is 445 Å². The molecule has 0 saturated heterocycles. The van der Waals surface area contributed by atoms with E-state index in [0.29, 0.717) is 137 Å².